The molecule has 2 aliphatic rings. The average molecular weight is 403 g/mol. The number of rotatable bonds is 3. The number of piperidine rings is 1. The predicted octanol–water partition coefficient (Wildman–Crippen LogP) is 4.54. The molecule has 28 heavy (non-hydrogen) atoms. The molecule has 1 spiro atoms. The van der Waals surface area contributed by atoms with Crippen LogP contribution in [-0.2, 0) is 10.2 Å². The van der Waals surface area contributed by atoms with Crippen LogP contribution in [0.1, 0.15) is 69.8 Å². The van der Waals surface area contributed by atoms with Crippen molar-refractivity contribution in [3.05, 3.63) is 35.4 Å². The summed E-state index contributed by atoms with van der Waals surface area (Å²) in [7, 11) is 0. The van der Waals surface area contributed by atoms with Crippen LogP contribution in [0.5, 0.6) is 0 Å². The molecule has 2 heterocycles. The van der Waals surface area contributed by atoms with Crippen LogP contribution in [0.25, 0.3) is 0 Å². The lowest BCUT2D eigenvalue weighted by Crippen LogP contribution is -2.53. The first-order valence-electron chi connectivity index (χ1n) is 10.5. The zero-order chi connectivity index (χ0) is 20.5. The van der Waals surface area contributed by atoms with E-state index in [9.17, 15) is 9.59 Å². The predicted molar refractivity (Wildman–Crippen MR) is 117 cm³/mol. The maximum absolute atomic E-state index is 13.3. The SMILES string of the molecule is CC(C)CC(=O)N1CCC2(CC1)SCCN2C(=O)c1ccc(C(C)(C)C)cc1. The number of nitrogens with zero attached hydrogens (tertiary/aromatic N) is 2. The van der Waals surface area contributed by atoms with Gasteiger partial charge in [-0.15, -0.1) is 11.8 Å². The van der Waals surface area contributed by atoms with Crippen LogP contribution in [0.3, 0.4) is 0 Å². The molecule has 3 rings (SSSR count). The zero-order valence-electron chi connectivity index (χ0n) is 18.0. The van der Waals surface area contributed by atoms with Gasteiger partial charge in [-0.05, 0) is 41.9 Å². The fraction of sp³-hybridized carbons (Fsp3) is 0.652. The van der Waals surface area contributed by atoms with E-state index in [1.165, 1.54) is 5.56 Å². The fourth-order valence-corrected chi connectivity index (χ4v) is 5.62. The molecule has 0 unspecified atom stereocenters. The van der Waals surface area contributed by atoms with Gasteiger partial charge in [-0.25, -0.2) is 0 Å². The Kier molecular flexibility index (Phi) is 6.14. The van der Waals surface area contributed by atoms with E-state index in [1.807, 2.05) is 28.8 Å². The molecule has 0 bridgehead atoms. The summed E-state index contributed by atoms with van der Waals surface area (Å²) < 4.78 is 0. The Morgan fingerprint density at radius 2 is 1.68 bits per heavy atom. The largest absolute Gasteiger partial charge is 0.342 e. The molecule has 2 saturated heterocycles. The molecule has 0 aliphatic carbocycles. The highest BCUT2D eigenvalue weighted by molar-refractivity contribution is 8.00. The molecule has 1 aromatic rings. The summed E-state index contributed by atoms with van der Waals surface area (Å²) in [5, 5.41) is 0. The number of carbonyl (C=O) groups excluding carboxylic acids is 2. The second-order valence-electron chi connectivity index (χ2n) is 9.56. The number of amides is 2. The van der Waals surface area contributed by atoms with Crippen molar-refractivity contribution in [3.8, 4) is 0 Å². The van der Waals surface area contributed by atoms with Gasteiger partial charge in [-0.3, -0.25) is 9.59 Å². The molecular formula is C23H34N2O2S. The Labute approximate surface area is 174 Å². The van der Waals surface area contributed by atoms with Crippen LogP contribution in [0.4, 0.5) is 0 Å². The van der Waals surface area contributed by atoms with E-state index in [2.05, 4.69) is 51.7 Å². The average Bonchev–Trinajstić information content (AvgIpc) is 3.03. The molecule has 4 nitrogen and oxygen atoms in total. The molecule has 2 fully saturated rings. The van der Waals surface area contributed by atoms with Gasteiger partial charge in [0.2, 0.25) is 5.91 Å². The van der Waals surface area contributed by atoms with Gasteiger partial charge in [-0.1, -0.05) is 46.8 Å². The van der Waals surface area contributed by atoms with Crippen molar-refractivity contribution < 1.29 is 9.59 Å². The first kappa shape index (κ1) is 21.2. The Balaban J connectivity index is 1.69. The van der Waals surface area contributed by atoms with Crippen LogP contribution < -0.4 is 0 Å². The van der Waals surface area contributed by atoms with E-state index >= 15 is 0 Å². The van der Waals surface area contributed by atoms with Crippen LogP contribution in [0, 0.1) is 5.92 Å². The minimum Gasteiger partial charge on any atom is -0.342 e. The van der Waals surface area contributed by atoms with Crippen molar-refractivity contribution in [1.82, 2.24) is 9.80 Å². The third-order valence-electron chi connectivity index (χ3n) is 5.90. The highest BCUT2D eigenvalue weighted by atomic mass is 32.2. The van der Waals surface area contributed by atoms with Crippen LogP contribution in [-0.4, -0.2) is 51.9 Å². The highest BCUT2D eigenvalue weighted by Gasteiger charge is 2.47. The lowest BCUT2D eigenvalue weighted by molar-refractivity contribution is -0.133. The standard InChI is InChI=1S/C23H34N2O2S/c1-17(2)16-20(26)24-12-10-23(11-13-24)25(14-15-28-23)21(27)18-6-8-19(9-7-18)22(3,4)5/h6-9,17H,10-16H2,1-5H3. The van der Waals surface area contributed by atoms with Crippen molar-refractivity contribution >= 4 is 23.6 Å². The minimum atomic E-state index is -0.144. The molecule has 0 saturated carbocycles. The van der Waals surface area contributed by atoms with E-state index < -0.39 is 0 Å². The van der Waals surface area contributed by atoms with Gasteiger partial charge in [0.15, 0.2) is 0 Å². The molecule has 0 radical (unpaired) electrons. The Morgan fingerprint density at radius 3 is 2.21 bits per heavy atom. The summed E-state index contributed by atoms with van der Waals surface area (Å²) in [6, 6.07) is 8.11. The van der Waals surface area contributed by atoms with E-state index in [0.29, 0.717) is 12.3 Å². The van der Waals surface area contributed by atoms with E-state index in [0.717, 1.165) is 43.8 Å². The Morgan fingerprint density at radius 1 is 1.07 bits per heavy atom. The first-order chi connectivity index (χ1) is 13.1. The van der Waals surface area contributed by atoms with Crippen molar-refractivity contribution in [2.45, 2.75) is 64.2 Å². The lowest BCUT2D eigenvalue weighted by atomic mass is 9.86. The number of likely N-dealkylation sites (tertiary alicyclic amines) is 1. The zero-order valence-corrected chi connectivity index (χ0v) is 18.8. The first-order valence-corrected chi connectivity index (χ1v) is 11.5. The molecule has 0 aromatic heterocycles. The van der Waals surface area contributed by atoms with E-state index in [4.69, 9.17) is 0 Å². The number of benzene rings is 1. The maximum Gasteiger partial charge on any atom is 0.254 e. The summed E-state index contributed by atoms with van der Waals surface area (Å²) in [4.78, 5) is 29.6. The second-order valence-corrected chi connectivity index (χ2v) is 11.0. The monoisotopic (exact) mass is 402 g/mol. The summed E-state index contributed by atoms with van der Waals surface area (Å²) in [6.45, 7) is 13.0. The number of thioether (sulfide) groups is 1. The Bertz CT molecular complexity index is 713. The molecule has 2 amide bonds. The summed E-state index contributed by atoms with van der Waals surface area (Å²) in [6.07, 6.45) is 2.35. The van der Waals surface area contributed by atoms with E-state index in [-0.39, 0.29) is 22.1 Å². The number of carbonyl (C=O) groups is 2. The third kappa shape index (κ3) is 4.40. The number of hydrogen-bond acceptors (Lipinski definition) is 3. The van der Waals surface area contributed by atoms with Gasteiger partial charge >= 0.3 is 0 Å². The summed E-state index contributed by atoms with van der Waals surface area (Å²) in [5.74, 6) is 1.75. The molecule has 5 heteroatoms. The van der Waals surface area contributed by atoms with Gasteiger partial charge < -0.3 is 9.80 Å². The minimum absolute atomic E-state index is 0.0850. The maximum atomic E-state index is 13.3. The summed E-state index contributed by atoms with van der Waals surface area (Å²) >= 11 is 1.90. The van der Waals surface area contributed by atoms with Gasteiger partial charge in [-0.2, -0.15) is 0 Å². The summed E-state index contributed by atoms with van der Waals surface area (Å²) in [5.41, 5.74) is 2.10. The van der Waals surface area contributed by atoms with E-state index in [1.54, 1.807) is 0 Å². The van der Waals surface area contributed by atoms with Gasteiger partial charge in [0.1, 0.15) is 0 Å². The normalized spacial score (nSPS) is 19.5. The van der Waals surface area contributed by atoms with Crippen molar-refractivity contribution in [3.63, 3.8) is 0 Å². The molecule has 0 atom stereocenters. The van der Waals surface area contributed by atoms with Crippen molar-refractivity contribution in [2.75, 3.05) is 25.4 Å². The second kappa shape index (κ2) is 8.10. The van der Waals surface area contributed by atoms with Gasteiger partial charge in [0, 0.05) is 37.4 Å². The van der Waals surface area contributed by atoms with Crippen molar-refractivity contribution in [1.29, 1.82) is 0 Å². The molecule has 154 valence electrons. The van der Waals surface area contributed by atoms with Crippen molar-refractivity contribution in [2.24, 2.45) is 5.92 Å². The van der Waals surface area contributed by atoms with Crippen LogP contribution >= 0.6 is 11.8 Å². The quantitative estimate of drug-likeness (QED) is 0.745. The Hall–Kier alpha value is -1.49. The van der Waals surface area contributed by atoms with Gasteiger partial charge in [0.05, 0.1) is 4.87 Å². The number of hydrogen-bond donors (Lipinski definition) is 0. The highest BCUT2D eigenvalue weighted by Crippen LogP contribution is 2.44. The lowest BCUT2D eigenvalue weighted by Gasteiger charge is -2.44. The molecule has 2 aliphatic heterocycles. The molecule has 1 aromatic carbocycles. The molecular weight excluding hydrogens is 368 g/mol. The third-order valence-corrected chi connectivity index (χ3v) is 7.45. The van der Waals surface area contributed by atoms with Crippen LogP contribution in [0.2, 0.25) is 0 Å². The van der Waals surface area contributed by atoms with Gasteiger partial charge in [0.25, 0.3) is 5.91 Å². The smallest absolute Gasteiger partial charge is 0.254 e. The topological polar surface area (TPSA) is 40.6 Å². The van der Waals surface area contributed by atoms with Crippen LogP contribution in [0.15, 0.2) is 24.3 Å². The fourth-order valence-electron chi connectivity index (χ4n) is 4.16. The molecule has 0 N–H and O–H groups in total.